The van der Waals surface area contributed by atoms with Gasteiger partial charge in [0.25, 0.3) is 0 Å². The molecule has 0 amide bonds. The van der Waals surface area contributed by atoms with E-state index in [4.69, 9.17) is 9.84 Å². The molecule has 0 saturated carbocycles. The molecule has 98 valence electrons. The molecule has 0 aliphatic heterocycles. The Kier molecular flexibility index (Phi) is 4.19. The lowest BCUT2D eigenvalue weighted by Gasteiger charge is -2.18. The zero-order valence-corrected chi connectivity index (χ0v) is 9.79. The minimum Gasteiger partial charge on any atom is -0.478 e. The number of hydrogen-bond acceptors (Lipinski definition) is 4. The zero-order chi connectivity index (χ0) is 13.9. The van der Waals surface area contributed by atoms with E-state index >= 15 is 0 Å². The van der Waals surface area contributed by atoms with Crippen LogP contribution in [-0.4, -0.2) is 22.1 Å². The van der Waals surface area contributed by atoms with Crippen LogP contribution in [0, 0.1) is 21.8 Å². The van der Waals surface area contributed by atoms with Gasteiger partial charge in [-0.15, -0.1) is 0 Å². The van der Waals surface area contributed by atoms with Crippen molar-refractivity contribution >= 4 is 11.7 Å². The number of halogens is 1. The molecule has 0 heterocycles. The molecule has 1 N–H and O–H groups in total. The Morgan fingerprint density at radius 1 is 1.50 bits per heavy atom. The summed E-state index contributed by atoms with van der Waals surface area (Å²) in [6.45, 7) is 3.12. The summed E-state index contributed by atoms with van der Waals surface area (Å²) in [6, 6.07) is 3.19. The first-order valence-electron chi connectivity index (χ1n) is 5.17. The number of para-hydroxylation sites is 1. The molecule has 0 spiro atoms. The molecule has 0 saturated heterocycles. The Hall–Kier alpha value is -2.18. The second-order valence-electron chi connectivity index (χ2n) is 3.97. The molecule has 0 aliphatic carbocycles. The number of carbonyl (C=O) groups is 1. The van der Waals surface area contributed by atoms with Gasteiger partial charge in [0.15, 0.2) is 11.9 Å². The topological polar surface area (TPSA) is 89.7 Å². The number of carboxylic acid groups (broad SMARTS) is 1. The number of ether oxygens (including phenoxy) is 1. The maximum Gasteiger partial charge on any atom is 0.345 e. The molecule has 0 radical (unpaired) electrons. The average Bonchev–Trinajstić information content (AvgIpc) is 2.25. The number of carboxylic acids is 1. The van der Waals surface area contributed by atoms with Crippen LogP contribution >= 0.6 is 0 Å². The van der Waals surface area contributed by atoms with Crippen molar-refractivity contribution in [3.05, 3.63) is 34.1 Å². The van der Waals surface area contributed by atoms with Gasteiger partial charge < -0.3 is 9.84 Å². The molecule has 7 heteroatoms. The smallest absolute Gasteiger partial charge is 0.345 e. The van der Waals surface area contributed by atoms with Crippen LogP contribution in [-0.2, 0) is 4.79 Å². The van der Waals surface area contributed by atoms with Crippen molar-refractivity contribution in [2.75, 3.05) is 0 Å². The van der Waals surface area contributed by atoms with Crippen LogP contribution in [0.3, 0.4) is 0 Å². The molecule has 1 rings (SSSR count). The van der Waals surface area contributed by atoms with E-state index in [1.54, 1.807) is 13.8 Å². The zero-order valence-electron chi connectivity index (χ0n) is 9.79. The third-order valence-electron chi connectivity index (χ3n) is 2.24. The predicted octanol–water partition coefficient (Wildman–Crippen LogP) is 2.22. The summed E-state index contributed by atoms with van der Waals surface area (Å²) in [5, 5.41) is 19.6. The van der Waals surface area contributed by atoms with Crippen LogP contribution in [0.1, 0.15) is 13.8 Å². The summed E-state index contributed by atoms with van der Waals surface area (Å²) < 4.78 is 18.4. The molecule has 18 heavy (non-hydrogen) atoms. The monoisotopic (exact) mass is 257 g/mol. The van der Waals surface area contributed by atoms with Gasteiger partial charge in [-0.1, -0.05) is 19.9 Å². The van der Waals surface area contributed by atoms with E-state index in [9.17, 15) is 19.3 Å². The van der Waals surface area contributed by atoms with Gasteiger partial charge in [0, 0.05) is 12.0 Å². The number of benzene rings is 1. The fourth-order valence-electron chi connectivity index (χ4n) is 1.36. The van der Waals surface area contributed by atoms with Crippen molar-refractivity contribution in [3.8, 4) is 5.75 Å². The summed E-state index contributed by atoms with van der Waals surface area (Å²) in [6.07, 6.45) is -1.35. The SMILES string of the molecule is CC(C)C(Oc1c(F)cccc1[N+](=O)[O-])C(=O)O. The molecule has 1 atom stereocenters. The lowest BCUT2D eigenvalue weighted by atomic mass is 10.1. The normalized spacial score (nSPS) is 12.2. The molecular weight excluding hydrogens is 245 g/mol. The van der Waals surface area contributed by atoms with Crippen molar-refractivity contribution in [2.45, 2.75) is 20.0 Å². The van der Waals surface area contributed by atoms with E-state index in [0.29, 0.717) is 0 Å². The van der Waals surface area contributed by atoms with E-state index in [1.165, 1.54) is 0 Å². The first-order chi connectivity index (χ1) is 8.34. The summed E-state index contributed by atoms with van der Waals surface area (Å²) in [7, 11) is 0. The van der Waals surface area contributed by atoms with E-state index in [-0.39, 0.29) is 0 Å². The van der Waals surface area contributed by atoms with Crippen LogP contribution in [0.4, 0.5) is 10.1 Å². The maximum absolute atomic E-state index is 13.5. The average molecular weight is 257 g/mol. The molecule has 0 bridgehead atoms. The van der Waals surface area contributed by atoms with E-state index in [2.05, 4.69) is 0 Å². The molecule has 0 fully saturated rings. The summed E-state index contributed by atoms with van der Waals surface area (Å²) in [5.74, 6) is -3.37. The van der Waals surface area contributed by atoms with Crippen molar-refractivity contribution in [3.63, 3.8) is 0 Å². The molecule has 0 aliphatic rings. The van der Waals surface area contributed by atoms with E-state index in [0.717, 1.165) is 18.2 Å². The van der Waals surface area contributed by atoms with E-state index < -0.39 is 40.2 Å². The van der Waals surface area contributed by atoms with Crippen molar-refractivity contribution in [1.29, 1.82) is 0 Å². The first kappa shape index (κ1) is 13.9. The molecule has 6 nitrogen and oxygen atoms in total. The van der Waals surface area contributed by atoms with Gasteiger partial charge >= 0.3 is 11.7 Å². The molecule has 1 aromatic carbocycles. The van der Waals surface area contributed by atoms with Gasteiger partial charge in [0.1, 0.15) is 0 Å². The highest BCUT2D eigenvalue weighted by Gasteiger charge is 2.29. The van der Waals surface area contributed by atoms with Gasteiger partial charge in [0.2, 0.25) is 5.75 Å². The van der Waals surface area contributed by atoms with Gasteiger partial charge in [-0.05, 0) is 6.07 Å². The Morgan fingerprint density at radius 2 is 2.11 bits per heavy atom. The lowest BCUT2D eigenvalue weighted by Crippen LogP contribution is -2.32. The van der Waals surface area contributed by atoms with Gasteiger partial charge in [0.05, 0.1) is 4.92 Å². The van der Waals surface area contributed by atoms with E-state index in [1.807, 2.05) is 0 Å². The van der Waals surface area contributed by atoms with Gasteiger partial charge in [-0.3, -0.25) is 10.1 Å². The van der Waals surface area contributed by atoms with Gasteiger partial charge in [-0.2, -0.15) is 0 Å². The highest BCUT2D eigenvalue weighted by molar-refractivity contribution is 5.73. The molecule has 0 aromatic heterocycles. The Labute approximate surface area is 102 Å². The number of nitro benzene ring substituents is 1. The maximum atomic E-state index is 13.5. The molecule has 1 unspecified atom stereocenters. The quantitative estimate of drug-likeness (QED) is 0.645. The third-order valence-corrected chi connectivity index (χ3v) is 2.24. The number of hydrogen-bond donors (Lipinski definition) is 1. The Morgan fingerprint density at radius 3 is 2.56 bits per heavy atom. The van der Waals surface area contributed by atoms with Crippen LogP contribution in [0.25, 0.3) is 0 Å². The first-order valence-corrected chi connectivity index (χ1v) is 5.17. The summed E-state index contributed by atoms with van der Waals surface area (Å²) >= 11 is 0. The standard InChI is InChI=1S/C11H12FNO5/c1-6(2)9(11(14)15)18-10-7(12)4-3-5-8(10)13(16)17/h3-6,9H,1-2H3,(H,14,15). The predicted molar refractivity (Wildman–Crippen MR) is 59.9 cm³/mol. The number of aliphatic carboxylic acids is 1. The van der Waals surface area contributed by atoms with Crippen molar-refractivity contribution < 1.29 is 24.0 Å². The third kappa shape index (κ3) is 2.93. The second kappa shape index (κ2) is 5.44. The van der Waals surface area contributed by atoms with Gasteiger partial charge in [-0.25, -0.2) is 9.18 Å². The number of rotatable bonds is 5. The summed E-state index contributed by atoms with van der Waals surface area (Å²) in [5.41, 5.74) is -0.595. The van der Waals surface area contributed by atoms with Crippen LogP contribution in [0.5, 0.6) is 5.75 Å². The molecular formula is C11H12FNO5. The fourth-order valence-corrected chi connectivity index (χ4v) is 1.36. The Balaban J connectivity index is 3.16. The van der Waals surface area contributed by atoms with Crippen molar-refractivity contribution in [2.24, 2.45) is 5.92 Å². The minimum atomic E-state index is -1.35. The summed E-state index contributed by atoms with van der Waals surface area (Å²) in [4.78, 5) is 20.8. The van der Waals surface area contributed by atoms with Crippen molar-refractivity contribution in [1.82, 2.24) is 0 Å². The largest absolute Gasteiger partial charge is 0.478 e. The van der Waals surface area contributed by atoms with Crippen LogP contribution < -0.4 is 4.74 Å². The Bertz CT molecular complexity index is 475. The highest BCUT2D eigenvalue weighted by atomic mass is 19.1. The highest BCUT2D eigenvalue weighted by Crippen LogP contribution is 2.31. The lowest BCUT2D eigenvalue weighted by molar-refractivity contribution is -0.386. The number of nitro groups is 1. The van der Waals surface area contributed by atoms with Crippen LogP contribution in [0.2, 0.25) is 0 Å². The second-order valence-corrected chi connectivity index (χ2v) is 3.97. The van der Waals surface area contributed by atoms with Crippen LogP contribution in [0.15, 0.2) is 18.2 Å². The number of nitrogens with zero attached hydrogens (tertiary/aromatic N) is 1. The minimum absolute atomic E-state index is 0.457. The molecule has 1 aromatic rings. The fraction of sp³-hybridized carbons (Fsp3) is 0.364.